The Kier molecular flexibility index (Phi) is 8.75. The molecule has 0 aliphatic carbocycles. The van der Waals surface area contributed by atoms with E-state index in [1.54, 1.807) is 51.1 Å². The summed E-state index contributed by atoms with van der Waals surface area (Å²) in [5, 5.41) is 2.91. The molecule has 198 valence electrons. The molecule has 37 heavy (non-hydrogen) atoms. The minimum atomic E-state index is -4.57. The zero-order valence-electron chi connectivity index (χ0n) is 20.6. The van der Waals surface area contributed by atoms with E-state index in [9.17, 15) is 27.6 Å². The van der Waals surface area contributed by atoms with Crippen molar-refractivity contribution in [2.45, 2.75) is 38.5 Å². The standard InChI is InChI=1S/C27H28F3NO6/c1-4-35-23(32)21-20(16-17-10-8-7-9-11-17)26(24(33)36-5-2,25(34)37-6-3)31-22(21)18-12-14-19(15-13-18)27(28,29)30/h7-16,21-22,31H,4-6H2,1-3H3/b20-16+/t21-,22-/m1/s1. The highest BCUT2D eigenvalue weighted by Gasteiger charge is 2.63. The van der Waals surface area contributed by atoms with Crippen LogP contribution in [-0.2, 0) is 34.8 Å². The molecule has 10 heteroatoms. The lowest BCUT2D eigenvalue weighted by Crippen LogP contribution is -2.57. The fourth-order valence-corrected chi connectivity index (χ4v) is 4.31. The predicted octanol–water partition coefficient (Wildman–Crippen LogP) is 4.48. The number of carbonyl (C=O) groups is 3. The third-order valence-electron chi connectivity index (χ3n) is 5.90. The molecule has 2 atom stereocenters. The number of benzene rings is 2. The van der Waals surface area contributed by atoms with Gasteiger partial charge in [-0.3, -0.25) is 10.1 Å². The summed E-state index contributed by atoms with van der Waals surface area (Å²) < 4.78 is 55.4. The molecule has 1 heterocycles. The maximum absolute atomic E-state index is 13.4. The van der Waals surface area contributed by atoms with Gasteiger partial charge in [0, 0.05) is 0 Å². The molecule has 1 aliphatic rings. The molecule has 0 aromatic heterocycles. The van der Waals surface area contributed by atoms with Crippen LogP contribution in [0.4, 0.5) is 13.2 Å². The molecule has 1 N–H and O–H groups in total. The van der Waals surface area contributed by atoms with Gasteiger partial charge in [-0.25, -0.2) is 9.59 Å². The summed E-state index contributed by atoms with van der Waals surface area (Å²) in [5.41, 5.74) is -2.31. The molecule has 2 aromatic rings. The van der Waals surface area contributed by atoms with E-state index < -0.39 is 47.1 Å². The van der Waals surface area contributed by atoms with Gasteiger partial charge in [-0.15, -0.1) is 0 Å². The minimum Gasteiger partial charge on any atom is -0.465 e. The molecule has 1 aliphatic heterocycles. The quantitative estimate of drug-likeness (QED) is 0.313. The van der Waals surface area contributed by atoms with Crippen LogP contribution in [0, 0.1) is 5.92 Å². The van der Waals surface area contributed by atoms with Crippen LogP contribution >= 0.6 is 0 Å². The first-order valence-electron chi connectivity index (χ1n) is 11.8. The van der Waals surface area contributed by atoms with E-state index in [0.29, 0.717) is 5.56 Å². The van der Waals surface area contributed by atoms with Crippen LogP contribution in [0.5, 0.6) is 0 Å². The van der Waals surface area contributed by atoms with Gasteiger partial charge in [0.15, 0.2) is 0 Å². The molecule has 1 saturated heterocycles. The van der Waals surface area contributed by atoms with E-state index in [1.807, 2.05) is 0 Å². The van der Waals surface area contributed by atoms with Crippen molar-refractivity contribution in [2.24, 2.45) is 5.92 Å². The number of halogens is 3. The van der Waals surface area contributed by atoms with E-state index >= 15 is 0 Å². The molecule has 7 nitrogen and oxygen atoms in total. The zero-order valence-corrected chi connectivity index (χ0v) is 20.6. The molecule has 0 bridgehead atoms. The Balaban J connectivity index is 2.29. The third kappa shape index (κ3) is 5.69. The molecule has 1 fully saturated rings. The topological polar surface area (TPSA) is 90.9 Å². The van der Waals surface area contributed by atoms with Gasteiger partial charge in [0.1, 0.15) is 5.92 Å². The molecule has 0 spiro atoms. The molecule has 0 saturated carbocycles. The fraction of sp³-hybridized carbons (Fsp3) is 0.370. The Morgan fingerprint density at radius 3 is 1.89 bits per heavy atom. The lowest BCUT2D eigenvalue weighted by molar-refractivity contribution is -0.163. The number of hydrogen-bond donors (Lipinski definition) is 1. The summed E-state index contributed by atoms with van der Waals surface area (Å²) in [5.74, 6) is -4.03. The van der Waals surface area contributed by atoms with Gasteiger partial charge in [-0.1, -0.05) is 48.5 Å². The number of rotatable bonds is 8. The molecule has 0 amide bonds. The van der Waals surface area contributed by atoms with Crippen LogP contribution in [0.1, 0.15) is 43.5 Å². The van der Waals surface area contributed by atoms with Crippen molar-refractivity contribution in [3.63, 3.8) is 0 Å². The van der Waals surface area contributed by atoms with Gasteiger partial charge >= 0.3 is 24.1 Å². The van der Waals surface area contributed by atoms with Crippen molar-refractivity contribution in [1.29, 1.82) is 0 Å². The maximum Gasteiger partial charge on any atom is 0.416 e. The first-order valence-corrected chi connectivity index (χ1v) is 11.8. The first kappa shape index (κ1) is 27.9. The van der Waals surface area contributed by atoms with Crippen LogP contribution in [0.2, 0.25) is 0 Å². The molecular weight excluding hydrogens is 491 g/mol. The van der Waals surface area contributed by atoms with Crippen molar-refractivity contribution in [2.75, 3.05) is 19.8 Å². The number of alkyl halides is 3. The number of ether oxygens (including phenoxy) is 3. The van der Waals surface area contributed by atoms with Gasteiger partial charge in [-0.2, -0.15) is 13.2 Å². The van der Waals surface area contributed by atoms with E-state index in [0.717, 1.165) is 12.1 Å². The Morgan fingerprint density at radius 1 is 0.865 bits per heavy atom. The average Bonchev–Trinajstić information content (AvgIpc) is 3.20. The van der Waals surface area contributed by atoms with Crippen LogP contribution in [0.15, 0.2) is 60.2 Å². The zero-order chi connectivity index (χ0) is 27.2. The Morgan fingerprint density at radius 2 is 1.41 bits per heavy atom. The SMILES string of the molecule is CCOC(=O)[C@@H]1/C(=C\c2ccccc2)C(C(=O)OCC)(C(=O)OCC)N[C@@H]1c1ccc(C(F)(F)F)cc1. The molecule has 2 aromatic carbocycles. The Hall–Kier alpha value is -3.66. The van der Waals surface area contributed by atoms with Gasteiger partial charge in [0.05, 0.1) is 31.4 Å². The second-order valence-electron chi connectivity index (χ2n) is 8.17. The van der Waals surface area contributed by atoms with E-state index in [4.69, 9.17) is 14.2 Å². The van der Waals surface area contributed by atoms with Crippen LogP contribution in [0.25, 0.3) is 6.08 Å². The minimum absolute atomic E-state index is 0.000501. The summed E-state index contributed by atoms with van der Waals surface area (Å²) in [6.45, 7) is 4.56. The highest BCUT2D eigenvalue weighted by Crippen LogP contribution is 2.46. The van der Waals surface area contributed by atoms with Gasteiger partial charge in [0.25, 0.3) is 0 Å². The number of nitrogens with one attached hydrogen (secondary N) is 1. The number of esters is 3. The van der Waals surface area contributed by atoms with Crippen molar-refractivity contribution >= 4 is 24.0 Å². The molecule has 3 rings (SSSR count). The monoisotopic (exact) mass is 519 g/mol. The summed E-state index contributed by atoms with van der Waals surface area (Å²) in [7, 11) is 0. The van der Waals surface area contributed by atoms with Gasteiger partial charge in [0.2, 0.25) is 5.54 Å². The van der Waals surface area contributed by atoms with Crippen molar-refractivity contribution in [3.8, 4) is 0 Å². The maximum atomic E-state index is 13.4. The van der Waals surface area contributed by atoms with Crippen molar-refractivity contribution in [3.05, 3.63) is 76.9 Å². The summed E-state index contributed by atoms with van der Waals surface area (Å²) in [4.78, 5) is 40.2. The van der Waals surface area contributed by atoms with Crippen LogP contribution in [0.3, 0.4) is 0 Å². The van der Waals surface area contributed by atoms with Gasteiger partial charge in [-0.05, 0) is 49.6 Å². The highest BCUT2D eigenvalue weighted by atomic mass is 19.4. The van der Waals surface area contributed by atoms with Crippen molar-refractivity contribution < 1.29 is 41.8 Å². The summed E-state index contributed by atoms with van der Waals surface area (Å²) in [6, 6.07) is 11.7. The number of carbonyl (C=O) groups excluding carboxylic acids is 3. The Bertz CT molecular complexity index is 1130. The van der Waals surface area contributed by atoms with Crippen LogP contribution in [-0.4, -0.2) is 43.3 Å². The smallest absolute Gasteiger partial charge is 0.416 e. The molecule has 0 unspecified atom stereocenters. The molecule has 0 radical (unpaired) electrons. The van der Waals surface area contributed by atoms with Crippen LogP contribution < -0.4 is 5.32 Å². The lowest BCUT2D eigenvalue weighted by atomic mass is 9.82. The predicted molar refractivity (Wildman–Crippen MR) is 128 cm³/mol. The largest absolute Gasteiger partial charge is 0.465 e. The summed E-state index contributed by atoms with van der Waals surface area (Å²) in [6.07, 6.45) is -3.06. The number of hydrogen-bond acceptors (Lipinski definition) is 7. The average molecular weight is 520 g/mol. The fourth-order valence-electron chi connectivity index (χ4n) is 4.31. The second-order valence-corrected chi connectivity index (χ2v) is 8.17. The third-order valence-corrected chi connectivity index (χ3v) is 5.90. The molecular formula is C27H28F3NO6. The Labute approximate surface area is 212 Å². The highest BCUT2D eigenvalue weighted by molar-refractivity contribution is 6.12. The first-order chi connectivity index (χ1) is 17.6. The van der Waals surface area contributed by atoms with E-state index in [-0.39, 0.29) is 31.0 Å². The van der Waals surface area contributed by atoms with E-state index in [2.05, 4.69) is 5.32 Å². The van der Waals surface area contributed by atoms with E-state index in [1.165, 1.54) is 18.2 Å². The van der Waals surface area contributed by atoms with Crippen molar-refractivity contribution in [1.82, 2.24) is 5.32 Å². The second kappa shape index (κ2) is 11.6. The lowest BCUT2D eigenvalue weighted by Gasteiger charge is -2.27. The van der Waals surface area contributed by atoms with Gasteiger partial charge < -0.3 is 14.2 Å². The normalized spacial score (nSPS) is 19.9. The summed E-state index contributed by atoms with van der Waals surface area (Å²) >= 11 is 0.